The molecule has 0 radical (unpaired) electrons. The van der Waals surface area contributed by atoms with Gasteiger partial charge in [0, 0.05) is 17.7 Å². The third-order valence-corrected chi connectivity index (χ3v) is 2.84. The average molecular weight is 298 g/mol. The van der Waals surface area contributed by atoms with E-state index in [2.05, 4.69) is 4.74 Å². The molecule has 1 rings (SSSR count). The largest absolute Gasteiger partial charge is 0.469 e. The van der Waals surface area contributed by atoms with Gasteiger partial charge in [0.15, 0.2) is 0 Å². The van der Waals surface area contributed by atoms with Crippen molar-refractivity contribution >= 4 is 18.4 Å². The molecule has 0 bridgehead atoms. The van der Waals surface area contributed by atoms with Crippen LogP contribution in [0.1, 0.15) is 25.5 Å². The number of benzene rings is 1. The molecule has 108 valence electrons. The van der Waals surface area contributed by atoms with Crippen molar-refractivity contribution in [3.05, 3.63) is 35.1 Å². The van der Waals surface area contributed by atoms with Gasteiger partial charge in [-0.3, -0.25) is 4.79 Å². The van der Waals surface area contributed by atoms with Gasteiger partial charge in [-0.15, -0.1) is 12.4 Å². The molecule has 0 aliphatic heterocycles. The minimum atomic E-state index is -1.34. The van der Waals surface area contributed by atoms with Gasteiger partial charge in [0.2, 0.25) is 0 Å². The number of hydrogen-bond donors (Lipinski definition) is 1. The molecule has 0 saturated carbocycles. The average Bonchev–Trinajstić information content (AvgIpc) is 2.26. The van der Waals surface area contributed by atoms with Crippen molar-refractivity contribution in [3.8, 4) is 0 Å². The van der Waals surface area contributed by atoms with E-state index >= 15 is 0 Å². The number of esters is 1. The predicted octanol–water partition coefficient (Wildman–Crippen LogP) is 2.72. The Hall–Kier alpha value is -1.27. The van der Waals surface area contributed by atoms with Crippen molar-refractivity contribution in [1.29, 1.82) is 0 Å². The number of hydrogen-bond acceptors (Lipinski definition) is 3. The van der Waals surface area contributed by atoms with Crippen LogP contribution in [0.3, 0.4) is 0 Å². The second-order valence-corrected chi connectivity index (χ2v) is 4.47. The molecule has 1 aromatic rings. The molecule has 7 heteroatoms. The Kier molecular flexibility index (Phi) is 5.83. The van der Waals surface area contributed by atoms with E-state index in [1.165, 1.54) is 13.8 Å². The lowest BCUT2D eigenvalue weighted by molar-refractivity contribution is -0.152. The fourth-order valence-corrected chi connectivity index (χ4v) is 1.60. The van der Waals surface area contributed by atoms with Crippen LogP contribution in [0.5, 0.6) is 0 Å². The summed E-state index contributed by atoms with van der Waals surface area (Å²) in [5.41, 5.74) is 3.82. The van der Waals surface area contributed by atoms with Gasteiger partial charge in [-0.2, -0.15) is 0 Å². The second-order valence-electron chi connectivity index (χ2n) is 4.47. The lowest BCUT2D eigenvalue weighted by Crippen LogP contribution is -2.38. The number of ether oxygens (including phenoxy) is 1. The topological polar surface area (TPSA) is 52.3 Å². The Bertz CT molecular complexity index is 457. The molecule has 0 fully saturated rings. The Morgan fingerprint density at radius 2 is 1.68 bits per heavy atom. The summed E-state index contributed by atoms with van der Waals surface area (Å²) in [4.78, 5) is 11.5. The smallest absolute Gasteiger partial charge is 0.313 e. The lowest BCUT2D eigenvalue weighted by atomic mass is 9.80. The summed E-state index contributed by atoms with van der Waals surface area (Å²) in [5, 5.41) is 0. The summed E-state index contributed by atoms with van der Waals surface area (Å²) in [5.74, 6) is -4.01. The zero-order valence-corrected chi connectivity index (χ0v) is 11.5. The van der Waals surface area contributed by atoms with Crippen molar-refractivity contribution in [2.75, 3.05) is 7.11 Å². The predicted molar refractivity (Wildman–Crippen MR) is 66.3 cm³/mol. The van der Waals surface area contributed by atoms with Crippen molar-refractivity contribution in [1.82, 2.24) is 0 Å². The second kappa shape index (κ2) is 6.25. The maximum atomic E-state index is 13.5. The molecule has 0 spiro atoms. The number of carbonyl (C=O) groups is 1. The minimum absolute atomic E-state index is 0. The van der Waals surface area contributed by atoms with Crippen LogP contribution in [0.2, 0.25) is 0 Å². The van der Waals surface area contributed by atoms with Gasteiger partial charge in [-0.1, -0.05) is 0 Å². The summed E-state index contributed by atoms with van der Waals surface area (Å²) in [6, 6.07) is -0.248. The SMILES string of the molecule is COC(=O)C(C)(C)[C@H](N)c1c(F)cc(F)cc1F.Cl. The van der Waals surface area contributed by atoms with Gasteiger partial charge < -0.3 is 10.5 Å². The molecule has 0 aliphatic rings. The van der Waals surface area contributed by atoms with Gasteiger partial charge in [0.25, 0.3) is 0 Å². The molecule has 0 heterocycles. The molecule has 0 saturated heterocycles. The van der Waals surface area contributed by atoms with E-state index in [4.69, 9.17) is 5.73 Å². The maximum Gasteiger partial charge on any atom is 0.313 e. The summed E-state index contributed by atoms with van der Waals surface area (Å²) in [6.45, 7) is 2.79. The zero-order valence-electron chi connectivity index (χ0n) is 10.7. The number of carbonyl (C=O) groups excluding carboxylic acids is 1. The van der Waals surface area contributed by atoms with Gasteiger partial charge in [0.1, 0.15) is 17.5 Å². The lowest BCUT2D eigenvalue weighted by Gasteiger charge is -2.29. The quantitative estimate of drug-likeness (QED) is 0.873. The Morgan fingerprint density at radius 3 is 2.05 bits per heavy atom. The maximum absolute atomic E-state index is 13.5. The first-order valence-electron chi connectivity index (χ1n) is 5.20. The van der Waals surface area contributed by atoms with E-state index in [0.29, 0.717) is 12.1 Å². The number of nitrogens with two attached hydrogens (primary N) is 1. The fraction of sp³-hybridized carbons (Fsp3) is 0.417. The van der Waals surface area contributed by atoms with Gasteiger partial charge >= 0.3 is 5.97 Å². The Labute approximate surface area is 115 Å². The van der Waals surface area contributed by atoms with Gasteiger partial charge in [0.05, 0.1) is 18.6 Å². The first-order chi connectivity index (χ1) is 8.21. The van der Waals surface area contributed by atoms with Gasteiger partial charge in [-0.25, -0.2) is 13.2 Å². The molecular weight excluding hydrogens is 283 g/mol. The molecule has 0 aromatic heterocycles. The molecule has 2 N–H and O–H groups in total. The van der Waals surface area contributed by atoms with E-state index < -0.39 is 40.4 Å². The van der Waals surface area contributed by atoms with E-state index in [1.54, 1.807) is 0 Å². The summed E-state index contributed by atoms with van der Waals surface area (Å²) in [6.07, 6.45) is 0. The van der Waals surface area contributed by atoms with Gasteiger partial charge in [-0.05, 0) is 13.8 Å². The normalized spacial score (nSPS) is 12.6. The van der Waals surface area contributed by atoms with Crippen molar-refractivity contribution in [2.24, 2.45) is 11.1 Å². The highest BCUT2D eigenvalue weighted by molar-refractivity contribution is 5.85. The molecule has 0 aliphatic carbocycles. The molecule has 0 amide bonds. The molecule has 0 unspecified atom stereocenters. The Balaban J connectivity index is 0.00000324. The first-order valence-corrected chi connectivity index (χ1v) is 5.20. The van der Waals surface area contributed by atoms with Crippen LogP contribution in [0.25, 0.3) is 0 Å². The molecule has 19 heavy (non-hydrogen) atoms. The van der Waals surface area contributed by atoms with Crippen LogP contribution in [-0.4, -0.2) is 13.1 Å². The van der Waals surface area contributed by atoms with Crippen molar-refractivity contribution < 1.29 is 22.7 Å². The molecule has 1 atom stereocenters. The number of rotatable bonds is 3. The standard InChI is InChI=1S/C12H14F3NO2.ClH/c1-12(2,11(17)18-3)10(16)9-7(14)4-6(13)5-8(9)15;/h4-5,10H,16H2,1-3H3;1H/t10-;/m1./s1. The number of halogens is 4. The third kappa shape index (κ3) is 3.39. The van der Waals surface area contributed by atoms with Crippen LogP contribution >= 0.6 is 12.4 Å². The highest BCUT2D eigenvalue weighted by Gasteiger charge is 2.39. The third-order valence-electron chi connectivity index (χ3n) is 2.84. The van der Waals surface area contributed by atoms with E-state index in [0.717, 1.165) is 7.11 Å². The van der Waals surface area contributed by atoms with E-state index in [9.17, 15) is 18.0 Å². The van der Waals surface area contributed by atoms with E-state index in [1.807, 2.05) is 0 Å². The molecular formula is C12H15ClF3NO2. The van der Waals surface area contributed by atoms with Crippen molar-refractivity contribution in [3.63, 3.8) is 0 Å². The number of methoxy groups -OCH3 is 1. The summed E-state index contributed by atoms with van der Waals surface area (Å²) < 4.78 is 44.4. The van der Waals surface area contributed by atoms with Crippen LogP contribution < -0.4 is 5.73 Å². The minimum Gasteiger partial charge on any atom is -0.469 e. The van der Waals surface area contributed by atoms with Crippen LogP contribution in [0, 0.1) is 22.9 Å². The first kappa shape index (κ1) is 17.7. The van der Waals surface area contributed by atoms with E-state index in [-0.39, 0.29) is 12.4 Å². The molecule has 3 nitrogen and oxygen atoms in total. The zero-order chi connectivity index (χ0) is 14.1. The van der Waals surface area contributed by atoms with Crippen LogP contribution in [0.15, 0.2) is 12.1 Å². The van der Waals surface area contributed by atoms with Crippen LogP contribution in [0.4, 0.5) is 13.2 Å². The monoisotopic (exact) mass is 297 g/mol. The molecule has 1 aromatic carbocycles. The fourth-order valence-electron chi connectivity index (χ4n) is 1.60. The highest BCUT2D eigenvalue weighted by atomic mass is 35.5. The van der Waals surface area contributed by atoms with Crippen molar-refractivity contribution in [2.45, 2.75) is 19.9 Å². The summed E-state index contributed by atoms with van der Waals surface area (Å²) in [7, 11) is 1.15. The summed E-state index contributed by atoms with van der Waals surface area (Å²) >= 11 is 0. The highest BCUT2D eigenvalue weighted by Crippen LogP contribution is 2.35. The van der Waals surface area contributed by atoms with Crippen LogP contribution in [-0.2, 0) is 9.53 Å². The Morgan fingerprint density at radius 1 is 1.26 bits per heavy atom.